The van der Waals surface area contributed by atoms with E-state index in [0.717, 1.165) is 38.5 Å². The van der Waals surface area contributed by atoms with Crippen molar-refractivity contribution in [1.82, 2.24) is 5.32 Å². The molecular weight excluding hydrogens is 304 g/mol. The summed E-state index contributed by atoms with van der Waals surface area (Å²) in [5.41, 5.74) is 1.09. The van der Waals surface area contributed by atoms with E-state index in [1.54, 1.807) is 18.2 Å². The van der Waals surface area contributed by atoms with Crippen LogP contribution in [0.15, 0.2) is 24.3 Å². The van der Waals surface area contributed by atoms with Crippen LogP contribution >= 0.6 is 0 Å². The highest BCUT2D eigenvalue weighted by Gasteiger charge is 2.42. The van der Waals surface area contributed by atoms with Gasteiger partial charge in [-0.3, -0.25) is 9.59 Å². The largest absolute Gasteiger partial charge is 0.396 e. The van der Waals surface area contributed by atoms with Gasteiger partial charge >= 0.3 is 0 Å². The van der Waals surface area contributed by atoms with Crippen molar-refractivity contribution in [3.63, 3.8) is 0 Å². The molecule has 2 saturated carbocycles. The van der Waals surface area contributed by atoms with Crippen LogP contribution < -0.4 is 10.6 Å². The van der Waals surface area contributed by atoms with Crippen LogP contribution in [0.25, 0.3) is 0 Å². The molecule has 2 aliphatic rings. The van der Waals surface area contributed by atoms with E-state index in [0.29, 0.717) is 17.8 Å². The lowest BCUT2D eigenvalue weighted by molar-refractivity contribution is -0.120. The number of amides is 2. The molecule has 1 aromatic rings. The summed E-state index contributed by atoms with van der Waals surface area (Å²) in [7, 11) is 0. The van der Waals surface area contributed by atoms with Gasteiger partial charge in [0, 0.05) is 29.1 Å². The third-order valence-corrected chi connectivity index (χ3v) is 5.28. The van der Waals surface area contributed by atoms with Gasteiger partial charge in [-0.2, -0.15) is 0 Å². The number of carbonyl (C=O) groups excluding carboxylic acids is 2. The average molecular weight is 330 g/mol. The van der Waals surface area contributed by atoms with Gasteiger partial charge in [0.1, 0.15) is 0 Å². The zero-order valence-corrected chi connectivity index (χ0v) is 14.0. The number of aliphatic hydroxyl groups excluding tert-OH is 1. The van der Waals surface area contributed by atoms with Crippen molar-refractivity contribution < 1.29 is 14.7 Å². The fraction of sp³-hybridized carbons (Fsp3) is 0.579. The Morgan fingerprint density at radius 1 is 1.17 bits per heavy atom. The third kappa shape index (κ3) is 4.15. The Kier molecular flexibility index (Phi) is 5.19. The highest BCUT2D eigenvalue weighted by molar-refractivity contribution is 5.97. The molecule has 0 bridgehead atoms. The minimum atomic E-state index is -0.163. The van der Waals surface area contributed by atoms with E-state index in [-0.39, 0.29) is 29.8 Å². The Hall–Kier alpha value is -1.88. The SMILES string of the molecule is O=C(NCC1(CO)CC1)c1cccc(NC(=O)C2CCCCC2)c1. The van der Waals surface area contributed by atoms with Crippen molar-refractivity contribution in [2.45, 2.75) is 44.9 Å². The summed E-state index contributed by atoms with van der Waals surface area (Å²) in [6.07, 6.45) is 7.28. The Bertz CT molecular complexity index is 604. The van der Waals surface area contributed by atoms with Gasteiger partial charge in [0.2, 0.25) is 5.91 Å². The molecule has 5 heteroatoms. The molecular formula is C19H26N2O3. The Morgan fingerprint density at radius 2 is 1.92 bits per heavy atom. The van der Waals surface area contributed by atoms with Gasteiger partial charge in [0.25, 0.3) is 5.91 Å². The zero-order chi connectivity index (χ0) is 17.0. The molecule has 0 unspecified atom stereocenters. The predicted octanol–water partition coefficient (Wildman–Crippen LogP) is 2.71. The van der Waals surface area contributed by atoms with Gasteiger partial charge in [0.05, 0.1) is 6.61 Å². The summed E-state index contributed by atoms with van der Waals surface area (Å²) < 4.78 is 0. The average Bonchev–Trinajstić information content (AvgIpc) is 3.41. The molecule has 5 nitrogen and oxygen atoms in total. The van der Waals surface area contributed by atoms with Crippen LogP contribution in [0, 0.1) is 11.3 Å². The van der Waals surface area contributed by atoms with Crippen molar-refractivity contribution in [3.05, 3.63) is 29.8 Å². The number of benzene rings is 1. The minimum absolute atomic E-state index is 0.0597. The van der Waals surface area contributed by atoms with E-state index in [2.05, 4.69) is 10.6 Å². The van der Waals surface area contributed by atoms with Crippen LogP contribution in [0.4, 0.5) is 5.69 Å². The molecule has 0 saturated heterocycles. The molecule has 24 heavy (non-hydrogen) atoms. The van der Waals surface area contributed by atoms with Crippen molar-refractivity contribution >= 4 is 17.5 Å². The van der Waals surface area contributed by atoms with Crippen LogP contribution in [-0.4, -0.2) is 30.1 Å². The van der Waals surface area contributed by atoms with Crippen LogP contribution in [0.2, 0.25) is 0 Å². The maximum absolute atomic E-state index is 12.3. The summed E-state index contributed by atoms with van der Waals surface area (Å²) in [6, 6.07) is 7.05. The summed E-state index contributed by atoms with van der Waals surface area (Å²) >= 11 is 0. The molecule has 2 aliphatic carbocycles. The molecule has 2 amide bonds. The molecule has 0 aromatic heterocycles. The number of hydrogen-bond acceptors (Lipinski definition) is 3. The fourth-order valence-corrected chi connectivity index (χ4v) is 3.28. The first-order valence-electron chi connectivity index (χ1n) is 8.92. The maximum Gasteiger partial charge on any atom is 0.251 e. The Morgan fingerprint density at radius 3 is 2.58 bits per heavy atom. The first kappa shape index (κ1) is 17.0. The smallest absolute Gasteiger partial charge is 0.251 e. The van der Waals surface area contributed by atoms with Gasteiger partial charge in [-0.1, -0.05) is 25.3 Å². The Labute approximate surface area is 142 Å². The zero-order valence-electron chi connectivity index (χ0n) is 14.0. The molecule has 2 fully saturated rings. The van der Waals surface area contributed by atoms with E-state index in [4.69, 9.17) is 0 Å². The molecule has 3 rings (SSSR count). The number of hydrogen-bond donors (Lipinski definition) is 3. The van der Waals surface area contributed by atoms with Gasteiger partial charge in [0.15, 0.2) is 0 Å². The maximum atomic E-state index is 12.3. The third-order valence-electron chi connectivity index (χ3n) is 5.28. The molecule has 3 N–H and O–H groups in total. The van der Waals surface area contributed by atoms with Crippen molar-refractivity contribution in [2.75, 3.05) is 18.5 Å². The lowest BCUT2D eigenvalue weighted by Gasteiger charge is -2.20. The number of aliphatic hydroxyl groups is 1. The van der Waals surface area contributed by atoms with Gasteiger partial charge in [-0.05, 0) is 43.9 Å². The first-order valence-corrected chi connectivity index (χ1v) is 8.92. The topological polar surface area (TPSA) is 78.4 Å². The van der Waals surface area contributed by atoms with Crippen LogP contribution in [0.5, 0.6) is 0 Å². The summed E-state index contributed by atoms with van der Waals surface area (Å²) in [6.45, 7) is 0.617. The number of carbonyl (C=O) groups is 2. The molecule has 1 aromatic carbocycles. The van der Waals surface area contributed by atoms with Crippen LogP contribution in [-0.2, 0) is 4.79 Å². The van der Waals surface area contributed by atoms with Crippen LogP contribution in [0.3, 0.4) is 0 Å². The van der Waals surface area contributed by atoms with E-state index in [9.17, 15) is 14.7 Å². The summed E-state index contributed by atoms with van der Waals surface area (Å²) in [5, 5.41) is 15.1. The quantitative estimate of drug-likeness (QED) is 0.750. The normalized spacial score (nSPS) is 19.5. The van der Waals surface area contributed by atoms with E-state index in [1.165, 1.54) is 6.42 Å². The monoisotopic (exact) mass is 330 g/mol. The molecule has 0 atom stereocenters. The number of anilines is 1. The second kappa shape index (κ2) is 7.34. The van der Waals surface area contributed by atoms with Crippen molar-refractivity contribution in [3.8, 4) is 0 Å². The fourth-order valence-electron chi connectivity index (χ4n) is 3.28. The standard InChI is InChI=1S/C19H26N2O3/c22-13-19(9-10-19)12-20-17(23)15-7-4-8-16(11-15)21-18(24)14-5-2-1-3-6-14/h4,7-8,11,14,22H,1-3,5-6,9-10,12-13H2,(H,20,23)(H,21,24). The van der Waals surface area contributed by atoms with Crippen molar-refractivity contribution in [2.24, 2.45) is 11.3 Å². The van der Waals surface area contributed by atoms with Gasteiger partial charge in [-0.25, -0.2) is 0 Å². The predicted molar refractivity (Wildman–Crippen MR) is 92.7 cm³/mol. The second-order valence-electron chi connectivity index (χ2n) is 7.25. The highest BCUT2D eigenvalue weighted by atomic mass is 16.3. The highest BCUT2D eigenvalue weighted by Crippen LogP contribution is 2.44. The summed E-state index contributed by atoms with van der Waals surface area (Å²) in [4.78, 5) is 24.6. The lowest BCUT2D eigenvalue weighted by Crippen LogP contribution is -2.32. The molecule has 0 radical (unpaired) electrons. The summed E-state index contributed by atoms with van der Waals surface area (Å²) in [5.74, 6) is -0.0107. The number of nitrogens with one attached hydrogen (secondary N) is 2. The number of rotatable bonds is 6. The molecule has 0 heterocycles. The molecule has 0 spiro atoms. The minimum Gasteiger partial charge on any atom is -0.396 e. The molecule has 130 valence electrons. The van der Waals surface area contributed by atoms with Gasteiger partial charge in [-0.15, -0.1) is 0 Å². The molecule has 0 aliphatic heterocycles. The van der Waals surface area contributed by atoms with E-state index < -0.39 is 0 Å². The lowest BCUT2D eigenvalue weighted by atomic mass is 9.88. The van der Waals surface area contributed by atoms with E-state index >= 15 is 0 Å². The second-order valence-corrected chi connectivity index (χ2v) is 7.25. The van der Waals surface area contributed by atoms with Crippen molar-refractivity contribution in [1.29, 1.82) is 0 Å². The van der Waals surface area contributed by atoms with Gasteiger partial charge < -0.3 is 15.7 Å². The van der Waals surface area contributed by atoms with Crippen LogP contribution in [0.1, 0.15) is 55.3 Å². The first-order chi connectivity index (χ1) is 11.6. The van der Waals surface area contributed by atoms with E-state index in [1.807, 2.05) is 6.07 Å². The Balaban J connectivity index is 1.56.